The van der Waals surface area contributed by atoms with E-state index in [2.05, 4.69) is 6.58 Å². The molecule has 0 aromatic heterocycles. The zero-order valence-electron chi connectivity index (χ0n) is 8.66. The van der Waals surface area contributed by atoms with Gasteiger partial charge in [0.15, 0.2) is 9.84 Å². The van der Waals surface area contributed by atoms with E-state index in [4.69, 9.17) is 0 Å². The maximum Gasteiger partial charge on any atom is 0.175 e. The molecule has 0 bridgehead atoms. The third-order valence-electron chi connectivity index (χ3n) is 2.08. The summed E-state index contributed by atoms with van der Waals surface area (Å²) in [6.45, 7) is 7.43. The van der Waals surface area contributed by atoms with Crippen LogP contribution in [0.2, 0.25) is 0 Å². The van der Waals surface area contributed by atoms with E-state index in [1.165, 1.54) is 6.26 Å². The summed E-state index contributed by atoms with van der Waals surface area (Å²) in [5.74, 6) is 0. The van der Waals surface area contributed by atoms with Crippen molar-refractivity contribution in [1.29, 1.82) is 0 Å². The summed E-state index contributed by atoms with van der Waals surface area (Å²) >= 11 is 0. The van der Waals surface area contributed by atoms with Crippen molar-refractivity contribution in [3.63, 3.8) is 0 Å². The molecule has 0 aliphatic heterocycles. The minimum atomic E-state index is -3.13. The summed E-state index contributed by atoms with van der Waals surface area (Å²) in [6, 6.07) is 5.36. The summed E-state index contributed by atoms with van der Waals surface area (Å²) in [4.78, 5) is 0.387. The monoisotopic (exact) mass is 210 g/mol. The van der Waals surface area contributed by atoms with Gasteiger partial charge in [0.25, 0.3) is 0 Å². The Hall–Kier alpha value is -1.09. The van der Waals surface area contributed by atoms with Gasteiger partial charge in [0.1, 0.15) is 0 Å². The molecule has 0 amide bonds. The van der Waals surface area contributed by atoms with Gasteiger partial charge in [-0.1, -0.05) is 24.3 Å². The Balaban J connectivity index is 3.44. The number of hydrogen-bond acceptors (Lipinski definition) is 2. The fraction of sp³-hybridized carbons (Fsp3) is 0.273. The van der Waals surface area contributed by atoms with E-state index in [1.54, 1.807) is 19.1 Å². The molecule has 0 unspecified atom stereocenters. The second-order valence-electron chi connectivity index (χ2n) is 3.53. The lowest BCUT2D eigenvalue weighted by Crippen LogP contribution is -2.00. The summed E-state index contributed by atoms with van der Waals surface area (Å²) in [7, 11) is -3.13. The lowest BCUT2D eigenvalue weighted by Gasteiger charge is -2.06. The molecule has 1 aromatic rings. The molecule has 1 rings (SSSR count). The van der Waals surface area contributed by atoms with Gasteiger partial charge >= 0.3 is 0 Å². The van der Waals surface area contributed by atoms with E-state index in [1.807, 2.05) is 13.0 Å². The van der Waals surface area contributed by atoms with Crippen molar-refractivity contribution in [2.75, 3.05) is 6.26 Å². The molecule has 0 spiro atoms. The molecular formula is C11H14O2S. The standard InChI is InChI=1S/C11H14O2S/c1-8(2)10-6-5-9(3)11(7-10)14(4,12)13/h5-7H,1H2,2-4H3. The molecule has 1 aromatic carbocycles. The molecule has 0 fully saturated rings. The minimum absolute atomic E-state index is 0.387. The fourth-order valence-electron chi connectivity index (χ4n) is 1.27. The lowest BCUT2D eigenvalue weighted by molar-refractivity contribution is 0.601. The van der Waals surface area contributed by atoms with Gasteiger partial charge in [0, 0.05) is 6.26 Å². The molecule has 0 saturated carbocycles. The molecule has 0 radical (unpaired) electrons. The molecule has 14 heavy (non-hydrogen) atoms. The first-order valence-corrected chi connectivity index (χ1v) is 6.18. The Morgan fingerprint density at radius 3 is 2.36 bits per heavy atom. The Morgan fingerprint density at radius 2 is 1.93 bits per heavy atom. The molecule has 2 nitrogen and oxygen atoms in total. The Kier molecular flexibility index (Phi) is 2.81. The van der Waals surface area contributed by atoms with Crippen LogP contribution in [0.1, 0.15) is 18.1 Å². The molecule has 0 saturated heterocycles. The third kappa shape index (κ3) is 2.23. The van der Waals surface area contributed by atoms with Gasteiger partial charge in [0.2, 0.25) is 0 Å². The predicted molar refractivity (Wildman–Crippen MR) is 59.0 cm³/mol. The van der Waals surface area contributed by atoms with E-state index < -0.39 is 9.84 Å². The van der Waals surface area contributed by atoms with Crippen molar-refractivity contribution in [3.05, 3.63) is 35.9 Å². The summed E-state index contributed by atoms with van der Waals surface area (Å²) in [5.41, 5.74) is 2.52. The van der Waals surface area contributed by atoms with Crippen LogP contribution in [0, 0.1) is 6.92 Å². The van der Waals surface area contributed by atoms with Gasteiger partial charge < -0.3 is 0 Å². The number of aryl methyl sites for hydroxylation is 1. The SMILES string of the molecule is C=C(C)c1ccc(C)c(S(C)(=O)=O)c1. The molecular weight excluding hydrogens is 196 g/mol. The van der Waals surface area contributed by atoms with E-state index in [-0.39, 0.29) is 0 Å². The highest BCUT2D eigenvalue weighted by Gasteiger charge is 2.11. The quantitative estimate of drug-likeness (QED) is 0.751. The van der Waals surface area contributed by atoms with Crippen LogP contribution in [0.4, 0.5) is 0 Å². The van der Waals surface area contributed by atoms with E-state index >= 15 is 0 Å². The summed E-state index contributed by atoms with van der Waals surface area (Å²) in [5, 5.41) is 0. The molecule has 0 aliphatic carbocycles. The minimum Gasteiger partial charge on any atom is -0.224 e. The number of allylic oxidation sites excluding steroid dienone is 1. The zero-order chi connectivity index (χ0) is 10.9. The summed E-state index contributed by atoms with van der Waals surface area (Å²) < 4.78 is 22.8. The van der Waals surface area contributed by atoms with Crippen LogP contribution in [0.15, 0.2) is 29.7 Å². The van der Waals surface area contributed by atoms with Crippen LogP contribution in [-0.2, 0) is 9.84 Å². The average Bonchev–Trinajstić information content (AvgIpc) is 2.02. The molecule has 0 N–H and O–H groups in total. The molecule has 3 heteroatoms. The topological polar surface area (TPSA) is 34.1 Å². The van der Waals surface area contributed by atoms with Crippen molar-refractivity contribution in [2.24, 2.45) is 0 Å². The first kappa shape index (κ1) is 11.0. The third-order valence-corrected chi connectivity index (χ3v) is 3.32. The van der Waals surface area contributed by atoms with E-state index in [9.17, 15) is 8.42 Å². The normalized spacial score (nSPS) is 11.4. The molecule has 0 atom stereocenters. The second kappa shape index (κ2) is 3.58. The molecule has 76 valence electrons. The number of sulfone groups is 1. The van der Waals surface area contributed by atoms with Crippen LogP contribution in [0.3, 0.4) is 0 Å². The maximum atomic E-state index is 11.4. The van der Waals surface area contributed by atoms with Gasteiger partial charge in [0.05, 0.1) is 4.90 Å². The van der Waals surface area contributed by atoms with Gasteiger partial charge in [-0.25, -0.2) is 8.42 Å². The van der Waals surface area contributed by atoms with E-state index in [0.29, 0.717) is 4.90 Å². The van der Waals surface area contributed by atoms with Crippen LogP contribution in [0.25, 0.3) is 5.57 Å². The first-order valence-electron chi connectivity index (χ1n) is 4.29. The van der Waals surface area contributed by atoms with Crippen molar-refractivity contribution in [3.8, 4) is 0 Å². The zero-order valence-corrected chi connectivity index (χ0v) is 9.48. The highest BCUT2D eigenvalue weighted by atomic mass is 32.2. The first-order chi connectivity index (χ1) is 6.32. The van der Waals surface area contributed by atoms with Crippen molar-refractivity contribution in [1.82, 2.24) is 0 Å². The van der Waals surface area contributed by atoms with Crippen LogP contribution < -0.4 is 0 Å². The van der Waals surface area contributed by atoms with Crippen molar-refractivity contribution < 1.29 is 8.42 Å². The Bertz CT molecular complexity index is 470. The fourth-order valence-corrected chi connectivity index (χ4v) is 2.26. The van der Waals surface area contributed by atoms with Gasteiger partial charge in [-0.15, -0.1) is 0 Å². The van der Waals surface area contributed by atoms with Crippen LogP contribution in [-0.4, -0.2) is 14.7 Å². The highest BCUT2D eigenvalue weighted by Crippen LogP contribution is 2.20. The van der Waals surface area contributed by atoms with Gasteiger partial charge in [-0.3, -0.25) is 0 Å². The van der Waals surface area contributed by atoms with Gasteiger partial charge in [-0.05, 0) is 31.0 Å². The lowest BCUT2D eigenvalue weighted by atomic mass is 10.1. The van der Waals surface area contributed by atoms with Crippen molar-refractivity contribution in [2.45, 2.75) is 18.7 Å². The maximum absolute atomic E-state index is 11.4. The smallest absolute Gasteiger partial charge is 0.175 e. The molecule has 0 heterocycles. The van der Waals surface area contributed by atoms with Crippen LogP contribution in [0.5, 0.6) is 0 Å². The Labute approximate surface area is 85.2 Å². The van der Waals surface area contributed by atoms with Crippen molar-refractivity contribution >= 4 is 15.4 Å². The van der Waals surface area contributed by atoms with E-state index in [0.717, 1.165) is 16.7 Å². The Morgan fingerprint density at radius 1 is 1.36 bits per heavy atom. The average molecular weight is 210 g/mol. The van der Waals surface area contributed by atoms with Gasteiger partial charge in [-0.2, -0.15) is 0 Å². The molecule has 0 aliphatic rings. The van der Waals surface area contributed by atoms with Crippen LogP contribution >= 0.6 is 0 Å². The largest absolute Gasteiger partial charge is 0.224 e. The predicted octanol–water partition coefficient (Wildman–Crippen LogP) is 2.43. The number of hydrogen-bond donors (Lipinski definition) is 0. The highest BCUT2D eigenvalue weighted by molar-refractivity contribution is 7.90. The summed E-state index contributed by atoms with van der Waals surface area (Å²) in [6.07, 6.45) is 1.22. The number of benzene rings is 1. The second-order valence-corrected chi connectivity index (χ2v) is 5.52. The number of rotatable bonds is 2.